The second-order valence-electron chi connectivity index (χ2n) is 7.33. The van der Waals surface area contributed by atoms with E-state index in [9.17, 15) is 14.4 Å². The molecule has 8 heteroatoms. The molecule has 1 aromatic heterocycles. The molecule has 30 heavy (non-hydrogen) atoms. The number of nitrogens with one attached hydrogen (secondary N) is 4. The predicted molar refractivity (Wildman–Crippen MR) is 115 cm³/mol. The fourth-order valence-electron chi connectivity index (χ4n) is 3.86. The topological polar surface area (TPSA) is 133 Å². The van der Waals surface area contributed by atoms with Crippen molar-refractivity contribution in [2.75, 3.05) is 11.1 Å². The minimum atomic E-state index is -0.777. The highest BCUT2D eigenvalue weighted by molar-refractivity contribution is 5.97. The van der Waals surface area contributed by atoms with E-state index in [1.807, 2.05) is 41.4 Å². The zero-order valence-electron chi connectivity index (χ0n) is 16.3. The first-order chi connectivity index (χ1) is 14.5. The number of rotatable bonds is 5. The normalized spacial score (nSPS) is 15.3. The lowest BCUT2D eigenvalue weighted by molar-refractivity contribution is 0.0928. The molecule has 4 rings (SSSR count). The van der Waals surface area contributed by atoms with Gasteiger partial charge in [0.05, 0.1) is 6.04 Å². The van der Waals surface area contributed by atoms with E-state index in [4.69, 9.17) is 5.73 Å². The van der Waals surface area contributed by atoms with Crippen LogP contribution in [0.25, 0.3) is 0 Å². The van der Waals surface area contributed by atoms with Crippen molar-refractivity contribution in [3.63, 3.8) is 0 Å². The van der Waals surface area contributed by atoms with Crippen molar-refractivity contribution in [1.29, 1.82) is 0 Å². The van der Waals surface area contributed by atoms with Gasteiger partial charge < -0.3 is 21.4 Å². The van der Waals surface area contributed by atoms with Crippen LogP contribution in [0.3, 0.4) is 0 Å². The summed E-state index contributed by atoms with van der Waals surface area (Å²) in [6.07, 6.45) is 2.57. The summed E-state index contributed by atoms with van der Waals surface area (Å²) in [5.74, 6) is -0.573. The summed E-state index contributed by atoms with van der Waals surface area (Å²) in [5, 5.41) is 6.41. The van der Waals surface area contributed by atoms with Crippen molar-refractivity contribution in [3.8, 4) is 0 Å². The molecule has 1 heterocycles. The van der Waals surface area contributed by atoms with Crippen molar-refractivity contribution in [1.82, 2.24) is 15.3 Å². The number of benzene rings is 2. The zero-order valence-corrected chi connectivity index (χ0v) is 16.3. The lowest BCUT2D eigenvalue weighted by atomic mass is 9.86. The van der Waals surface area contributed by atoms with E-state index < -0.39 is 17.2 Å². The van der Waals surface area contributed by atoms with Gasteiger partial charge in [-0.15, -0.1) is 0 Å². The Morgan fingerprint density at radius 1 is 1.07 bits per heavy atom. The quantitative estimate of drug-likeness (QED) is 0.443. The molecule has 1 aliphatic rings. The minimum absolute atomic E-state index is 0.214. The van der Waals surface area contributed by atoms with E-state index in [0.29, 0.717) is 6.54 Å². The van der Waals surface area contributed by atoms with Gasteiger partial charge in [-0.25, -0.2) is 4.79 Å². The van der Waals surface area contributed by atoms with Crippen molar-refractivity contribution in [2.24, 2.45) is 0 Å². The third kappa shape index (κ3) is 3.98. The van der Waals surface area contributed by atoms with E-state index in [0.717, 1.165) is 36.1 Å². The van der Waals surface area contributed by atoms with Crippen molar-refractivity contribution < 1.29 is 4.79 Å². The number of H-pyrrole nitrogens is 2. The van der Waals surface area contributed by atoms with Gasteiger partial charge in [-0.05, 0) is 42.0 Å². The Morgan fingerprint density at radius 3 is 2.67 bits per heavy atom. The second-order valence-corrected chi connectivity index (χ2v) is 7.33. The van der Waals surface area contributed by atoms with Crippen molar-refractivity contribution >= 4 is 17.3 Å². The van der Waals surface area contributed by atoms with E-state index >= 15 is 0 Å². The molecule has 0 spiro atoms. The Hall–Kier alpha value is -3.81. The molecule has 3 aromatic rings. The third-order valence-corrected chi connectivity index (χ3v) is 5.34. The van der Waals surface area contributed by atoms with Gasteiger partial charge in [-0.3, -0.25) is 14.6 Å². The number of fused-ring (bicyclic) bond motifs is 1. The number of hydrogen-bond donors (Lipinski definition) is 5. The molecule has 0 aliphatic heterocycles. The van der Waals surface area contributed by atoms with Crippen LogP contribution in [-0.4, -0.2) is 15.9 Å². The summed E-state index contributed by atoms with van der Waals surface area (Å²) in [6, 6.07) is 15.9. The molecule has 0 fully saturated rings. The van der Waals surface area contributed by atoms with Crippen LogP contribution in [0.1, 0.15) is 46.1 Å². The van der Waals surface area contributed by atoms with E-state index in [1.54, 1.807) is 0 Å². The number of aromatic amines is 2. The standard InChI is InChI=1S/C22H23N5O3/c23-18-19(26-22(30)27-20(18)28)21(29)25-17-11-5-8-14-15(17)9-4-10-16(14)24-12-13-6-2-1-3-7-13/h1-4,6-7,9-10,17,24H,5,8,11-12,23H2,(H,25,29)(H2,26,27,28,30). The fourth-order valence-corrected chi connectivity index (χ4v) is 3.86. The summed E-state index contributed by atoms with van der Waals surface area (Å²) < 4.78 is 0. The first-order valence-corrected chi connectivity index (χ1v) is 9.85. The molecule has 2 aromatic carbocycles. The number of aromatic nitrogens is 2. The van der Waals surface area contributed by atoms with Gasteiger partial charge >= 0.3 is 5.69 Å². The van der Waals surface area contributed by atoms with Gasteiger partial charge in [0.2, 0.25) is 0 Å². The first-order valence-electron chi connectivity index (χ1n) is 9.85. The lowest BCUT2D eigenvalue weighted by Crippen LogP contribution is -2.36. The monoisotopic (exact) mass is 405 g/mol. The number of amides is 1. The molecule has 0 bridgehead atoms. The molecule has 6 N–H and O–H groups in total. The van der Waals surface area contributed by atoms with Gasteiger partial charge in [0.15, 0.2) is 0 Å². The van der Waals surface area contributed by atoms with Crippen molar-refractivity contribution in [2.45, 2.75) is 31.8 Å². The van der Waals surface area contributed by atoms with Gasteiger partial charge in [0.1, 0.15) is 11.4 Å². The molecule has 1 aliphatic carbocycles. The lowest BCUT2D eigenvalue weighted by Gasteiger charge is -2.28. The number of carbonyl (C=O) groups is 1. The zero-order chi connectivity index (χ0) is 21.1. The van der Waals surface area contributed by atoms with Crippen LogP contribution in [0.15, 0.2) is 58.1 Å². The van der Waals surface area contributed by atoms with Crippen LogP contribution in [0.2, 0.25) is 0 Å². The maximum Gasteiger partial charge on any atom is 0.326 e. The number of carbonyl (C=O) groups excluding carboxylic acids is 1. The summed E-state index contributed by atoms with van der Waals surface area (Å²) in [6.45, 7) is 0.707. The highest BCUT2D eigenvalue weighted by Gasteiger charge is 2.25. The summed E-state index contributed by atoms with van der Waals surface area (Å²) in [7, 11) is 0. The molecule has 154 valence electrons. The van der Waals surface area contributed by atoms with Gasteiger partial charge in [0.25, 0.3) is 11.5 Å². The highest BCUT2D eigenvalue weighted by Crippen LogP contribution is 2.34. The first kappa shape index (κ1) is 19.5. The van der Waals surface area contributed by atoms with Gasteiger partial charge in [0, 0.05) is 12.2 Å². The van der Waals surface area contributed by atoms with Crippen LogP contribution in [0.4, 0.5) is 11.4 Å². The van der Waals surface area contributed by atoms with E-state index in [1.165, 1.54) is 5.56 Å². The molecule has 1 unspecified atom stereocenters. The molecule has 0 radical (unpaired) electrons. The van der Waals surface area contributed by atoms with Crippen LogP contribution in [0, 0.1) is 0 Å². The molecule has 0 saturated heterocycles. The van der Waals surface area contributed by atoms with Crippen LogP contribution < -0.4 is 27.6 Å². The molecule has 0 saturated carbocycles. The predicted octanol–water partition coefficient (Wildman–Crippen LogP) is 2.06. The fraction of sp³-hybridized carbons (Fsp3) is 0.227. The number of hydrogen-bond acceptors (Lipinski definition) is 5. The number of anilines is 2. The average Bonchev–Trinajstić information content (AvgIpc) is 2.75. The minimum Gasteiger partial charge on any atom is -0.392 e. The Morgan fingerprint density at radius 2 is 1.87 bits per heavy atom. The van der Waals surface area contributed by atoms with Crippen LogP contribution in [-0.2, 0) is 13.0 Å². The maximum absolute atomic E-state index is 12.7. The molecule has 8 nitrogen and oxygen atoms in total. The SMILES string of the molecule is Nc1c(C(=O)NC2CCCc3c(NCc4ccccc4)cccc32)[nH]c(=O)[nH]c1=O. The average molecular weight is 405 g/mol. The number of nitrogens with two attached hydrogens (primary N) is 1. The molecule has 1 atom stereocenters. The van der Waals surface area contributed by atoms with Gasteiger partial charge in [-0.1, -0.05) is 42.5 Å². The number of nitrogen functional groups attached to an aromatic ring is 1. The Kier molecular flexibility index (Phi) is 5.38. The summed E-state index contributed by atoms with van der Waals surface area (Å²) in [4.78, 5) is 40.3. The van der Waals surface area contributed by atoms with Crippen LogP contribution >= 0.6 is 0 Å². The summed E-state index contributed by atoms with van der Waals surface area (Å²) in [5.41, 5.74) is 8.04. The Labute approximate surface area is 172 Å². The van der Waals surface area contributed by atoms with E-state index in [-0.39, 0.29) is 17.4 Å². The third-order valence-electron chi connectivity index (χ3n) is 5.34. The Balaban J connectivity index is 1.56. The maximum atomic E-state index is 12.7. The summed E-state index contributed by atoms with van der Waals surface area (Å²) >= 11 is 0. The largest absolute Gasteiger partial charge is 0.392 e. The highest BCUT2D eigenvalue weighted by atomic mass is 16.2. The van der Waals surface area contributed by atoms with Crippen LogP contribution in [0.5, 0.6) is 0 Å². The molecule has 1 amide bonds. The van der Waals surface area contributed by atoms with Gasteiger partial charge in [-0.2, -0.15) is 0 Å². The molecular formula is C22H23N5O3. The van der Waals surface area contributed by atoms with Crippen molar-refractivity contribution in [3.05, 3.63) is 91.8 Å². The smallest absolute Gasteiger partial charge is 0.326 e. The second kappa shape index (κ2) is 8.28. The van der Waals surface area contributed by atoms with E-state index in [2.05, 4.69) is 27.8 Å². The Bertz CT molecular complexity index is 1180. The molecular weight excluding hydrogens is 382 g/mol.